The normalized spacial score (nSPS) is 11.0. The Bertz CT molecular complexity index is 891. The van der Waals surface area contributed by atoms with E-state index in [1.165, 1.54) is 16.8 Å². The molecule has 0 saturated heterocycles. The Balaban J connectivity index is 2.31. The smallest absolute Gasteiger partial charge is 0.261 e. The lowest BCUT2D eigenvalue weighted by Gasteiger charge is -2.11. The predicted molar refractivity (Wildman–Crippen MR) is 85.4 cm³/mol. The molecule has 0 aliphatic carbocycles. The van der Waals surface area contributed by atoms with E-state index < -0.39 is 0 Å². The van der Waals surface area contributed by atoms with Crippen LogP contribution < -0.4 is 5.56 Å². The van der Waals surface area contributed by atoms with E-state index in [2.05, 4.69) is 9.97 Å². The topological polar surface area (TPSA) is 67.5 Å². The minimum Gasteiger partial charge on any atom is -0.504 e. The van der Waals surface area contributed by atoms with Crippen molar-refractivity contribution in [2.75, 3.05) is 0 Å². The molecule has 3 aromatic rings. The fraction of sp³-hybridized carbons (Fsp3) is 0.188. The van der Waals surface area contributed by atoms with E-state index in [0.717, 1.165) is 6.42 Å². The molecular weight excluding hydrogens is 302 g/mol. The molecule has 0 aromatic carbocycles. The highest BCUT2D eigenvalue weighted by molar-refractivity contribution is 6.33. The third kappa shape index (κ3) is 2.33. The van der Waals surface area contributed by atoms with Gasteiger partial charge in [0.25, 0.3) is 5.56 Å². The number of hydrogen-bond donors (Lipinski definition) is 1. The van der Waals surface area contributed by atoms with Crippen LogP contribution in [0.5, 0.6) is 5.75 Å². The van der Waals surface area contributed by atoms with E-state index in [0.29, 0.717) is 23.1 Å². The van der Waals surface area contributed by atoms with Gasteiger partial charge in [-0.25, -0.2) is 4.98 Å². The Kier molecular flexibility index (Phi) is 3.81. The third-order valence-corrected chi connectivity index (χ3v) is 3.75. The minimum atomic E-state index is -0.207. The average molecular weight is 316 g/mol. The molecule has 22 heavy (non-hydrogen) atoms. The first kappa shape index (κ1) is 14.5. The lowest BCUT2D eigenvalue weighted by molar-refractivity contribution is 0.478. The van der Waals surface area contributed by atoms with Crippen molar-refractivity contribution in [2.24, 2.45) is 0 Å². The summed E-state index contributed by atoms with van der Waals surface area (Å²) in [6.07, 6.45) is 7.72. The number of hydrogen-bond acceptors (Lipinski definition) is 4. The van der Waals surface area contributed by atoms with Gasteiger partial charge in [-0.1, -0.05) is 31.0 Å². The molecule has 3 rings (SSSR count). The largest absolute Gasteiger partial charge is 0.504 e. The van der Waals surface area contributed by atoms with E-state index in [1.54, 1.807) is 24.5 Å². The highest BCUT2D eigenvalue weighted by atomic mass is 35.5. The molecule has 0 radical (unpaired) electrons. The first-order valence-electron chi connectivity index (χ1n) is 6.95. The highest BCUT2D eigenvalue weighted by Crippen LogP contribution is 2.37. The number of pyridine rings is 2. The van der Waals surface area contributed by atoms with Crippen LogP contribution in [0.1, 0.15) is 18.9 Å². The van der Waals surface area contributed by atoms with Crippen LogP contribution in [0.4, 0.5) is 0 Å². The molecule has 0 fully saturated rings. The zero-order valence-electron chi connectivity index (χ0n) is 12.0. The van der Waals surface area contributed by atoms with Crippen LogP contribution >= 0.6 is 11.6 Å². The Morgan fingerprint density at radius 2 is 2.18 bits per heavy atom. The summed E-state index contributed by atoms with van der Waals surface area (Å²) in [6.45, 7) is 1.99. The van der Waals surface area contributed by atoms with Gasteiger partial charge in [0.15, 0.2) is 11.4 Å². The van der Waals surface area contributed by atoms with Crippen LogP contribution in [0.25, 0.3) is 16.8 Å². The zero-order chi connectivity index (χ0) is 15.7. The standard InChI is InChI=1S/C16H14ClN3O2/c1-2-4-11-8-19-15-14(21)13(10-5-3-6-18-7-10)12(17)9-20(15)16(11)22/h3,5-9,21H,2,4H2,1H3. The second-order valence-corrected chi connectivity index (χ2v) is 5.38. The number of aromatic hydroxyl groups is 1. The summed E-state index contributed by atoms with van der Waals surface area (Å²) < 4.78 is 1.29. The molecule has 3 aromatic heterocycles. The summed E-state index contributed by atoms with van der Waals surface area (Å²) in [5.41, 5.74) is 1.67. The average Bonchev–Trinajstić information content (AvgIpc) is 2.52. The number of nitrogens with zero attached hydrogens (tertiary/aromatic N) is 3. The molecule has 0 amide bonds. The molecular formula is C16H14ClN3O2. The van der Waals surface area contributed by atoms with Crippen LogP contribution in [0, 0.1) is 0 Å². The number of halogens is 1. The molecule has 0 unspecified atom stereocenters. The van der Waals surface area contributed by atoms with E-state index in [-0.39, 0.29) is 22.0 Å². The van der Waals surface area contributed by atoms with Gasteiger partial charge in [0.05, 0.1) is 5.02 Å². The molecule has 0 spiro atoms. The van der Waals surface area contributed by atoms with Crippen molar-refractivity contribution in [2.45, 2.75) is 19.8 Å². The first-order valence-corrected chi connectivity index (χ1v) is 7.33. The van der Waals surface area contributed by atoms with Gasteiger partial charge in [0.1, 0.15) is 0 Å². The molecule has 5 nitrogen and oxygen atoms in total. The number of aryl methyl sites for hydroxylation is 1. The summed E-state index contributed by atoms with van der Waals surface area (Å²) >= 11 is 6.27. The number of aromatic nitrogens is 3. The SMILES string of the molecule is CCCc1cnc2c(O)c(-c3cccnc3)c(Cl)cn2c1=O. The van der Waals surface area contributed by atoms with Crippen molar-refractivity contribution in [3.8, 4) is 16.9 Å². The summed E-state index contributed by atoms with van der Waals surface area (Å²) in [4.78, 5) is 20.7. The third-order valence-electron chi connectivity index (χ3n) is 3.46. The predicted octanol–water partition coefficient (Wildman–Crippen LogP) is 3.07. The maximum Gasteiger partial charge on any atom is 0.261 e. The molecule has 0 aliphatic rings. The zero-order valence-corrected chi connectivity index (χ0v) is 12.7. The monoisotopic (exact) mass is 315 g/mol. The summed E-state index contributed by atoms with van der Waals surface area (Å²) in [5.74, 6) is -0.124. The van der Waals surface area contributed by atoms with Crippen LogP contribution in [0.15, 0.2) is 41.7 Å². The number of rotatable bonds is 3. The molecule has 0 bridgehead atoms. The van der Waals surface area contributed by atoms with Gasteiger partial charge in [0.2, 0.25) is 0 Å². The Hall–Kier alpha value is -2.40. The molecule has 1 N–H and O–H groups in total. The van der Waals surface area contributed by atoms with E-state index >= 15 is 0 Å². The van der Waals surface area contributed by atoms with Crippen molar-refractivity contribution in [1.29, 1.82) is 0 Å². The van der Waals surface area contributed by atoms with Gasteiger partial charge in [-0.2, -0.15) is 0 Å². The van der Waals surface area contributed by atoms with E-state index in [1.807, 2.05) is 6.92 Å². The molecule has 112 valence electrons. The van der Waals surface area contributed by atoms with Crippen molar-refractivity contribution in [1.82, 2.24) is 14.4 Å². The van der Waals surface area contributed by atoms with Gasteiger partial charge in [-0.3, -0.25) is 14.2 Å². The van der Waals surface area contributed by atoms with Crippen molar-refractivity contribution in [3.63, 3.8) is 0 Å². The Morgan fingerprint density at radius 3 is 2.86 bits per heavy atom. The van der Waals surface area contributed by atoms with Crippen molar-refractivity contribution in [3.05, 3.63) is 57.9 Å². The highest BCUT2D eigenvalue weighted by Gasteiger charge is 2.16. The molecule has 0 aliphatic heterocycles. The Labute approximate surface area is 131 Å². The lowest BCUT2D eigenvalue weighted by Crippen LogP contribution is -2.19. The first-order chi connectivity index (χ1) is 10.6. The van der Waals surface area contributed by atoms with Crippen LogP contribution in [-0.2, 0) is 6.42 Å². The minimum absolute atomic E-state index is 0.124. The molecule has 0 saturated carbocycles. The van der Waals surface area contributed by atoms with Crippen LogP contribution in [-0.4, -0.2) is 19.5 Å². The summed E-state index contributed by atoms with van der Waals surface area (Å²) in [7, 11) is 0. The van der Waals surface area contributed by atoms with Crippen LogP contribution in [0.3, 0.4) is 0 Å². The quantitative estimate of drug-likeness (QED) is 0.806. The van der Waals surface area contributed by atoms with Gasteiger partial charge in [-0.15, -0.1) is 0 Å². The molecule has 0 atom stereocenters. The summed E-state index contributed by atoms with van der Waals surface area (Å²) in [6, 6.07) is 3.53. The van der Waals surface area contributed by atoms with Gasteiger partial charge in [0, 0.05) is 41.5 Å². The summed E-state index contributed by atoms with van der Waals surface area (Å²) in [5, 5.41) is 10.8. The molecule has 3 heterocycles. The van der Waals surface area contributed by atoms with Crippen LogP contribution in [0.2, 0.25) is 5.02 Å². The molecule has 6 heteroatoms. The van der Waals surface area contributed by atoms with Crippen molar-refractivity contribution >= 4 is 17.2 Å². The second kappa shape index (κ2) is 5.77. The van der Waals surface area contributed by atoms with Crippen molar-refractivity contribution < 1.29 is 5.11 Å². The fourth-order valence-corrected chi connectivity index (χ4v) is 2.73. The fourth-order valence-electron chi connectivity index (χ4n) is 2.43. The van der Waals surface area contributed by atoms with Gasteiger partial charge < -0.3 is 5.11 Å². The van der Waals surface area contributed by atoms with Gasteiger partial charge in [-0.05, 0) is 12.5 Å². The lowest BCUT2D eigenvalue weighted by atomic mass is 10.1. The van der Waals surface area contributed by atoms with E-state index in [9.17, 15) is 9.90 Å². The Morgan fingerprint density at radius 1 is 1.36 bits per heavy atom. The maximum absolute atomic E-state index is 12.4. The maximum atomic E-state index is 12.4. The second-order valence-electron chi connectivity index (χ2n) is 4.97. The number of fused-ring (bicyclic) bond motifs is 1. The van der Waals surface area contributed by atoms with Gasteiger partial charge >= 0.3 is 0 Å². The van der Waals surface area contributed by atoms with E-state index in [4.69, 9.17) is 11.6 Å².